The highest BCUT2D eigenvalue weighted by atomic mass is 16.6. The average Bonchev–Trinajstić information content (AvgIpc) is 2.28. The van der Waals surface area contributed by atoms with E-state index >= 15 is 0 Å². The normalized spacial score (nSPS) is 10.6. The van der Waals surface area contributed by atoms with Crippen LogP contribution in [-0.2, 0) is 6.42 Å². The lowest BCUT2D eigenvalue weighted by Gasteiger charge is -2.04. The molecule has 88 valence electrons. The maximum Gasteiger partial charge on any atom is 0.415 e. The zero-order valence-electron chi connectivity index (χ0n) is 8.75. The Labute approximate surface area is 95.3 Å². The fourth-order valence-electron chi connectivity index (χ4n) is 1.75. The molecule has 0 saturated heterocycles. The molecule has 0 spiro atoms. The van der Waals surface area contributed by atoms with Crippen molar-refractivity contribution in [3.63, 3.8) is 0 Å². The Kier molecular flexibility index (Phi) is 2.88. The van der Waals surface area contributed by atoms with Crippen LogP contribution in [0, 0.1) is 10.1 Å². The van der Waals surface area contributed by atoms with Crippen molar-refractivity contribution < 1.29 is 14.4 Å². The summed E-state index contributed by atoms with van der Waals surface area (Å²) in [6.45, 7) is -0.270. The number of nitro groups is 1. The minimum atomic E-state index is -0.989. The monoisotopic (exact) mass is 235 g/mol. The summed E-state index contributed by atoms with van der Waals surface area (Å²) in [5, 5.41) is 20.2. The second-order valence-corrected chi connectivity index (χ2v) is 3.44. The van der Waals surface area contributed by atoms with Crippen LogP contribution in [-0.4, -0.2) is 16.6 Å². The van der Waals surface area contributed by atoms with Gasteiger partial charge in [0.05, 0.1) is 10.5 Å². The Morgan fingerprint density at radius 3 is 2.71 bits per heavy atom. The van der Waals surface area contributed by atoms with Gasteiger partial charge in [-0.25, -0.2) is 4.79 Å². The number of aliphatic hydroxyl groups excluding tert-OH is 1. The van der Waals surface area contributed by atoms with Crippen LogP contribution in [0.2, 0.25) is 0 Å². The quantitative estimate of drug-likeness (QED) is 0.490. The van der Waals surface area contributed by atoms with Gasteiger partial charge in [-0.05, 0) is 6.07 Å². The summed E-state index contributed by atoms with van der Waals surface area (Å²) >= 11 is 0. The predicted octanol–water partition coefficient (Wildman–Crippen LogP) is 1.24. The zero-order chi connectivity index (χ0) is 12.4. The number of hydrogen-bond acceptors (Lipinski definition) is 5. The second-order valence-electron chi connectivity index (χ2n) is 3.44. The summed E-state index contributed by atoms with van der Waals surface area (Å²) in [6.07, 6.45) is 0.0441. The molecule has 0 aliphatic carbocycles. The summed E-state index contributed by atoms with van der Waals surface area (Å²) in [7, 11) is 0. The van der Waals surface area contributed by atoms with Gasteiger partial charge in [-0.1, -0.05) is 18.2 Å². The average molecular weight is 235 g/mol. The first kappa shape index (κ1) is 11.3. The van der Waals surface area contributed by atoms with Crippen LogP contribution in [0.5, 0.6) is 0 Å². The largest absolute Gasteiger partial charge is 0.418 e. The van der Waals surface area contributed by atoms with Crippen molar-refractivity contribution in [3.05, 3.63) is 50.4 Å². The summed E-state index contributed by atoms with van der Waals surface area (Å²) in [5.41, 5.74) is -1.09. The van der Waals surface area contributed by atoms with Gasteiger partial charge < -0.3 is 9.52 Å². The summed E-state index contributed by atoms with van der Waals surface area (Å²) in [5.74, 6) is 0. The smallest absolute Gasteiger partial charge is 0.415 e. The van der Waals surface area contributed by atoms with Crippen LogP contribution in [0.1, 0.15) is 5.56 Å². The van der Waals surface area contributed by atoms with E-state index in [2.05, 4.69) is 0 Å². The number of fused-ring (bicyclic) bond motifs is 1. The highest BCUT2D eigenvalue weighted by molar-refractivity contribution is 5.83. The third-order valence-corrected chi connectivity index (χ3v) is 2.44. The van der Waals surface area contributed by atoms with Gasteiger partial charge in [0.15, 0.2) is 0 Å². The van der Waals surface area contributed by atoms with Crippen LogP contribution in [0.3, 0.4) is 0 Å². The molecule has 2 aromatic rings. The highest BCUT2D eigenvalue weighted by Crippen LogP contribution is 2.24. The first-order valence-corrected chi connectivity index (χ1v) is 4.95. The van der Waals surface area contributed by atoms with Crippen molar-refractivity contribution in [2.24, 2.45) is 0 Å². The first-order valence-electron chi connectivity index (χ1n) is 4.95. The Balaban J connectivity index is 2.88. The SMILES string of the molecule is O=c1oc2ccccc2c(CCO)c1[N+](=O)[O-]. The molecule has 2 rings (SSSR count). The van der Waals surface area contributed by atoms with Crippen molar-refractivity contribution in [1.29, 1.82) is 0 Å². The van der Waals surface area contributed by atoms with Crippen LogP contribution in [0.4, 0.5) is 5.69 Å². The Hall–Kier alpha value is -2.21. The molecule has 1 N–H and O–H groups in total. The van der Waals surface area contributed by atoms with Crippen LogP contribution in [0.25, 0.3) is 11.0 Å². The number of para-hydroxylation sites is 1. The molecule has 0 aliphatic rings. The standard InChI is InChI=1S/C11H9NO5/c13-6-5-8-7-3-1-2-4-9(7)17-11(14)10(8)12(15)16/h1-4,13H,5-6H2. The molecule has 6 nitrogen and oxygen atoms in total. The van der Waals surface area contributed by atoms with E-state index in [1.807, 2.05) is 0 Å². The topological polar surface area (TPSA) is 93.6 Å². The van der Waals surface area contributed by atoms with Crippen molar-refractivity contribution in [2.45, 2.75) is 6.42 Å². The number of aliphatic hydroxyl groups is 1. The van der Waals surface area contributed by atoms with E-state index in [0.29, 0.717) is 5.39 Å². The van der Waals surface area contributed by atoms with Crippen molar-refractivity contribution in [2.75, 3.05) is 6.61 Å². The molecule has 0 atom stereocenters. The maximum atomic E-state index is 11.5. The molecule has 0 bridgehead atoms. The van der Waals surface area contributed by atoms with Crippen molar-refractivity contribution >= 4 is 16.7 Å². The second kappa shape index (κ2) is 4.34. The van der Waals surface area contributed by atoms with Gasteiger partial charge in [-0.3, -0.25) is 10.1 Å². The lowest BCUT2D eigenvalue weighted by atomic mass is 10.1. The summed E-state index contributed by atoms with van der Waals surface area (Å²) < 4.78 is 4.86. The minimum absolute atomic E-state index is 0.0441. The third kappa shape index (κ3) is 1.90. The third-order valence-electron chi connectivity index (χ3n) is 2.44. The van der Waals surface area contributed by atoms with Gasteiger partial charge in [0, 0.05) is 18.4 Å². The number of nitrogens with zero attached hydrogens (tertiary/aromatic N) is 1. The van der Waals surface area contributed by atoms with Crippen molar-refractivity contribution in [1.82, 2.24) is 0 Å². The number of rotatable bonds is 3. The van der Waals surface area contributed by atoms with Gasteiger partial charge in [-0.2, -0.15) is 0 Å². The molecule has 0 unspecified atom stereocenters. The Bertz CT molecular complexity index is 631. The van der Waals surface area contributed by atoms with E-state index in [4.69, 9.17) is 9.52 Å². The number of benzene rings is 1. The maximum absolute atomic E-state index is 11.5. The van der Waals surface area contributed by atoms with Crippen molar-refractivity contribution in [3.8, 4) is 0 Å². The summed E-state index contributed by atoms with van der Waals surface area (Å²) in [4.78, 5) is 21.5. The molecule has 0 radical (unpaired) electrons. The molecular weight excluding hydrogens is 226 g/mol. The van der Waals surface area contributed by atoms with Crippen LogP contribution < -0.4 is 5.63 Å². The van der Waals surface area contributed by atoms with E-state index in [1.165, 1.54) is 0 Å². The first-order chi connectivity index (χ1) is 8.15. The molecule has 17 heavy (non-hydrogen) atoms. The molecule has 1 aromatic carbocycles. The zero-order valence-corrected chi connectivity index (χ0v) is 8.75. The number of hydrogen-bond donors (Lipinski definition) is 1. The Morgan fingerprint density at radius 2 is 2.06 bits per heavy atom. The molecule has 0 fully saturated rings. The molecule has 0 saturated carbocycles. The van der Waals surface area contributed by atoms with E-state index in [-0.39, 0.29) is 24.2 Å². The molecule has 0 amide bonds. The van der Waals surface area contributed by atoms with Gasteiger partial charge in [0.25, 0.3) is 0 Å². The van der Waals surface area contributed by atoms with E-state index in [1.54, 1.807) is 24.3 Å². The fourth-order valence-corrected chi connectivity index (χ4v) is 1.75. The molecule has 1 heterocycles. The van der Waals surface area contributed by atoms with Gasteiger partial charge >= 0.3 is 11.3 Å². The van der Waals surface area contributed by atoms with E-state index in [9.17, 15) is 14.9 Å². The van der Waals surface area contributed by atoms with Gasteiger partial charge in [-0.15, -0.1) is 0 Å². The molecule has 6 heteroatoms. The van der Waals surface area contributed by atoms with Crippen LogP contribution in [0.15, 0.2) is 33.5 Å². The fraction of sp³-hybridized carbons (Fsp3) is 0.182. The van der Waals surface area contributed by atoms with Gasteiger partial charge in [0.2, 0.25) is 0 Å². The highest BCUT2D eigenvalue weighted by Gasteiger charge is 2.23. The van der Waals surface area contributed by atoms with Crippen LogP contribution >= 0.6 is 0 Å². The molecule has 0 aliphatic heterocycles. The lowest BCUT2D eigenvalue weighted by molar-refractivity contribution is -0.387. The van der Waals surface area contributed by atoms with E-state index < -0.39 is 16.2 Å². The summed E-state index contributed by atoms with van der Waals surface area (Å²) in [6, 6.07) is 6.53. The molecule has 1 aromatic heterocycles. The van der Waals surface area contributed by atoms with E-state index in [0.717, 1.165) is 0 Å². The minimum Gasteiger partial charge on any atom is -0.418 e. The molecular formula is C11H9NO5. The van der Waals surface area contributed by atoms with Gasteiger partial charge in [0.1, 0.15) is 5.58 Å². The lowest BCUT2D eigenvalue weighted by Crippen LogP contribution is -2.11. The Morgan fingerprint density at radius 1 is 1.35 bits per heavy atom. The predicted molar refractivity (Wildman–Crippen MR) is 59.9 cm³/mol.